The number of carbonyl (C=O) groups excluding carboxylic acids is 1. The zero-order chi connectivity index (χ0) is 14.1. The first kappa shape index (κ1) is 13.9. The molecule has 0 N–H and O–H groups in total. The quantitative estimate of drug-likeness (QED) is 0.725. The Kier molecular flexibility index (Phi) is 3.98. The van der Waals surface area contributed by atoms with Crippen LogP contribution in [0.25, 0.3) is 0 Å². The smallest absolute Gasteiger partial charge is 0.223 e. The number of imidazole rings is 1. The number of halogens is 2. The van der Waals surface area contributed by atoms with Crippen LogP contribution in [0, 0.1) is 0 Å². The lowest BCUT2D eigenvalue weighted by Gasteiger charge is -2.20. The summed E-state index contributed by atoms with van der Waals surface area (Å²) in [5.41, 5.74) is 3.26. The van der Waals surface area contributed by atoms with Crippen LogP contribution in [0.1, 0.15) is 23.2 Å². The molecule has 1 aliphatic rings. The molecular formula is C14H13ClIN3O. The van der Waals surface area contributed by atoms with E-state index in [-0.39, 0.29) is 5.91 Å². The first-order chi connectivity index (χ1) is 9.61. The van der Waals surface area contributed by atoms with Gasteiger partial charge in [0, 0.05) is 24.2 Å². The van der Waals surface area contributed by atoms with E-state index >= 15 is 0 Å². The van der Waals surface area contributed by atoms with E-state index in [4.69, 9.17) is 11.6 Å². The largest absolute Gasteiger partial charge is 0.332 e. The minimum Gasteiger partial charge on any atom is -0.332 e. The summed E-state index contributed by atoms with van der Waals surface area (Å²) in [7, 11) is 0. The summed E-state index contributed by atoms with van der Waals surface area (Å²) in [6.45, 7) is 1.18. The Morgan fingerprint density at radius 2 is 2.15 bits per heavy atom. The van der Waals surface area contributed by atoms with Crippen molar-refractivity contribution in [2.45, 2.75) is 25.9 Å². The molecule has 0 saturated carbocycles. The van der Waals surface area contributed by atoms with Gasteiger partial charge in [0.25, 0.3) is 0 Å². The summed E-state index contributed by atoms with van der Waals surface area (Å²) in [6, 6.07) is 5.86. The summed E-state index contributed by atoms with van der Waals surface area (Å²) >= 11 is 8.17. The average Bonchev–Trinajstić information content (AvgIpc) is 2.76. The van der Waals surface area contributed by atoms with Crippen LogP contribution < -0.4 is 0 Å². The molecule has 4 nitrogen and oxygen atoms in total. The van der Waals surface area contributed by atoms with Crippen LogP contribution in [0.3, 0.4) is 0 Å². The molecule has 0 aliphatic carbocycles. The van der Waals surface area contributed by atoms with Gasteiger partial charge in [0.15, 0.2) is 0 Å². The maximum atomic E-state index is 12.2. The molecule has 1 aliphatic heterocycles. The standard InChI is InChI=1S/C14H13ClIN3O/c15-12-3-1-11-6-18(7-13-8-19(16)9-17-13)14(20)4-2-10(11)5-12/h1,3,5,8-9H,2,4,6-7H2. The third-order valence-electron chi connectivity index (χ3n) is 3.45. The van der Waals surface area contributed by atoms with E-state index < -0.39 is 0 Å². The third-order valence-corrected chi connectivity index (χ3v) is 4.21. The number of aryl methyl sites for hydroxylation is 1. The molecule has 0 spiro atoms. The van der Waals surface area contributed by atoms with Crippen molar-refractivity contribution in [1.29, 1.82) is 0 Å². The van der Waals surface area contributed by atoms with Gasteiger partial charge in [0.1, 0.15) is 6.33 Å². The van der Waals surface area contributed by atoms with Crippen LogP contribution in [0.2, 0.25) is 5.02 Å². The number of hydrogen-bond acceptors (Lipinski definition) is 2. The summed E-state index contributed by atoms with van der Waals surface area (Å²) in [4.78, 5) is 18.4. The lowest BCUT2D eigenvalue weighted by atomic mass is 10.0. The van der Waals surface area contributed by atoms with E-state index in [1.165, 1.54) is 11.1 Å². The van der Waals surface area contributed by atoms with Crippen LogP contribution in [-0.4, -0.2) is 18.6 Å². The molecule has 20 heavy (non-hydrogen) atoms. The van der Waals surface area contributed by atoms with E-state index in [1.807, 2.05) is 32.1 Å². The minimum atomic E-state index is 0.167. The number of rotatable bonds is 2. The molecule has 1 aromatic heterocycles. The van der Waals surface area contributed by atoms with Crippen molar-refractivity contribution in [3.8, 4) is 0 Å². The number of fused-ring (bicyclic) bond motifs is 1. The van der Waals surface area contributed by atoms with Gasteiger partial charge in [-0.25, -0.2) is 4.98 Å². The van der Waals surface area contributed by atoms with Gasteiger partial charge in [-0.15, -0.1) is 0 Å². The van der Waals surface area contributed by atoms with Crippen LogP contribution in [0.15, 0.2) is 30.7 Å². The Morgan fingerprint density at radius 3 is 2.90 bits per heavy atom. The van der Waals surface area contributed by atoms with Gasteiger partial charge in [0.05, 0.1) is 35.1 Å². The lowest BCUT2D eigenvalue weighted by Crippen LogP contribution is -2.28. The van der Waals surface area contributed by atoms with Gasteiger partial charge in [0.2, 0.25) is 5.91 Å². The molecule has 2 aromatic rings. The highest BCUT2D eigenvalue weighted by molar-refractivity contribution is 14.1. The molecule has 0 fully saturated rings. The number of aromatic nitrogens is 2. The summed E-state index contributed by atoms with van der Waals surface area (Å²) in [5.74, 6) is 0.167. The molecule has 3 rings (SSSR count). The number of nitrogens with zero attached hydrogens (tertiary/aromatic N) is 3. The Morgan fingerprint density at radius 1 is 1.30 bits per heavy atom. The first-order valence-electron chi connectivity index (χ1n) is 6.36. The van der Waals surface area contributed by atoms with Gasteiger partial charge in [-0.2, -0.15) is 0 Å². The van der Waals surface area contributed by atoms with Gasteiger partial charge in [-0.05, 0) is 29.7 Å². The highest BCUT2D eigenvalue weighted by atomic mass is 127. The Labute approximate surface area is 136 Å². The zero-order valence-corrected chi connectivity index (χ0v) is 13.6. The Hall–Kier alpha value is -1.08. The van der Waals surface area contributed by atoms with Crippen molar-refractivity contribution >= 4 is 40.4 Å². The highest BCUT2D eigenvalue weighted by Gasteiger charge is 2.21. The van der Waals surface area contributed by atoms with Crippen molar-refractivity contribution in [1.82, 2.24) is 12.7 Å². The second-order valence-corrected chi connectivity index (χ2v) is 6.42. The number of amides is 1. The van der Waals surface area contributed by atoms with Gasteiger partial charge in [-0.1, -0.05) is 17.7 Å². The van der Waals surface area contributed by atoms with E-state index in [2.05, 4.69) is 27.8 Å². The normalized spacial score (nSPS) is 15.1. The Bertz CT molecular complexity index is 656. The van der Waals surface area contributed by atoms with Gasteiger partial charge >= 0.3 is 0 Å². The van der Waals surface area contributed by atoms with E-state index in [9.17, 15) is 4.79 Å². The molecule has 0 radical (unpaired) electrons. The predicted molar refractivity (Wildman–Crippen MR) is 85.7 cm³/mol. The third kappa shape index (κ3) is 2.98. The van der Waals surface area contributed by atoms with E-state index in [0.29, 0.717) is 19.5 Å². The highest BCUT2D eigenvalue weighted by Crippen LogP contribution is 2.23. The number of carbonyl (C=O) groups is 1. The minimum absolute atomic E-state index is 0.167. The molecule has 0 bridgehead atoms. The summed E-state index contributed by atoms with van der Waals surface area (Å²) in [6.07, 6.45) is 4.96. The van der Waals surface area contributed by atoms with Gasteiger partial charge < -0.3 is 4.90 Å². The fourth-order valence-electron chi connectivity index (χ4n) is 2.43. The fraction of sp³-hybridized carbons (Fsp3) is 0.286. The molecule has 1 amide bonds. The predicted octanol–water partition coefficient (Wildman–Crippen LogP) is 3.21. The number of benzene rings is 1. The molecule has 104 valence electrons. The van der Waals surface area contributed by atoms with Crippen LogP contribution in [0.4, 0.5) is 0 Å². The van der Waals surface area contributed by atoms with E-state index in [0.717, 1.165) is 17.1 Å². The number of hydrogen-bond donors (Lipinski definition) is 0. The van der Waals surface area contributed by atoms with Crippen LogP contribution in [-0.2, 0) is 24.3 Å². The molecule has 0 saturated heterocycles. The molecule has 1 aromatic carbocycles. The topological polar surface area (TPSA) is 38.1 Å². The fourth-order valence-corrected chi connectivity index (χ4v) is 3.08. The van der Waals surface area contributed by atoms with Crippen molar-refractivity contribution < 1.29 is 4.79 Å². The zero-order valence-electron chi connectivity index (χ0n) is 10.7. The first-order valence-corrected chi connectivity index (χ1v) is 7.70. The van der Waals surface area contributed by atoms with E-state index in [1.54, 1.807) is 6.33 Å². The SMILES string of the molecule is O=C1CCc2cc(Cl)ccc2CN1Cc1cn(I)cn1. The maximum Gasteiger partial charge on any atom is 0.223 e. The van der Waals surface area contributed by atoms with Crippen molar-refractivity contribution in [3.05, 3.63) is 52.6 Å². The summed E-state index contributed by atoms with van der Waals surface area (Å²) < 4.78 is 1.86. The molecule has 2 heterocycles. The van der Waals surface area contributed by atoms with Crippen LogP contribution in [0.5, 0.6) is 0 Å². The Balaban J connectivity index is 1.84. The maximum absolute atomic E-state index is 12.2. The molecule has 0 unspecified atom stereocenters. The second-order valence-electron chi connectivity index (χ2n) is 4.87. The molecular weight excluding hydrogens is 389 g/mol. The van der Waals surface area contributed by atoms with Crippen molar-refractivity contribution in [2.75, 3.05) is 0 Å². The van der Waals surface area contributed by atoms with Crippen molar-refractivity contribution in [2.24, 2.45) is 0 Å². The molecule has 0 atom stereocenters. The summed E-state index contributed by atoms with van der Waals surface area (Å²) in [5, 5.41) is 0.730. The second kappa shape index (κ2) is 5.73. The molecule has 6 heteroatoms. The average molecular weight is 402 g/mol. The van der Waals surface area contributed by atoms with Gasteiger partial charge in [-0.3, -0.25) is 7.58 Å². The van der Waals surface area contributed by atoms with Crippen LogP contribution >= 0.6 is 34.5 Å². The lowest BCUT2D eigenvalue weighted by molar-refractivity contribution is -0.132. The van der Waals surface area contributed by atoms with Crippen molar-refractivity contribution in [3.63, 3.8) is 0 Å². The monoisotopic (exact) mass is 401 g/mol.